The van der Waals surface area contributed by atoms with Crippen LogP contribution in [-0.4, -0.2) is 57.2 Å². The fourth-order valence-corrected chi connectivity index (χ4v) is 56.3. The molecule has 0 N–H and O–H groups in total. The molecule has 1 aliphatic rings. The van der Waals surface area contributed by atoms with Gasteiger partial charge in [-0.15, -0.1) is 0 Å². The van der Waals surface area contributed by atoms with E-state index >= 15 is 0 Å². The summed E-state index contributed by atoms with van der Waals surface area (Å²) in [5.74, 6) is 5.51. The molecule has 0 bridgehead atoms. The van der Waals surface area contributed by atoms with Crippen molar-refractivity contribution in [1.29, 1.82) is 0 Å². The third-order valence-corrected chi connectivity index (χ3v) is 44.9. The Morgan fingerprint density at radius 1 is 0.421 bits per heavy atom. The molecule has 0 atom stereocenters. The summed E-state index contributed by atoms with van der Waals surface area (Å²) < 4.78 is 0. The zero-order valence-corrected chi connectivity index (χ0v) is 50.7. The van der Waals surface area contributed by atoms with Gasteiger partial charge >= 0.3 is 0 Å². The van der Waals surface area contributed by atoms with Crippen molar-refractivity contribution in [3.05, 3.63) is 80.7 Å². The van der Waals surface area contributed by atoms with Gasteiger partial charge in [0.25, 0.3) is 0 Å². The molecule has 0 saturated heterocycles. The highest BCUT2D eigenvalue weighted by atomic mass is 31.1. The SMILES string of the molecule is CC(C)(C)c1cc(C(C)(C)C)c(P2C=C[Si](c3c(C([Si](C)(C)C)[Si](C)(C)C)cc(C([Si](C)(C)C)[Si](C)(C)C)cc3C([Si](C)(C)C)[Si](C)(C)C)C=C2)c(C(C)(C)C)c1. The van der Waals surface area contributed by atoms with Crippen molar-refractivity contribution in [2.24, 2.45) is 0 Å². The highest BCUT2D eigenvalue weighted by Gasteiger charge is 2.47. The molecule has 0 fully saturated rings. The molecule has 2 aromatic carbocycles. The van der Waals surface area contributed by atoms with Crippen molar-refractivity contribution in [2.45, 2.75) is 212 Å². The summed E-state index contributed by atoms with van der Waals surface area (Å²) in [4.78, 5) is 0. The summed E-state index contributed by atoms with van der Waals surface area (Å²) >= 11 is 0. The third kappa shape index (κ3) is 12.1. The van der Waals surface area contributed by atoms with Crippen LogP contribution in [0.2, 0.25) is 118 Å². The standard InChI is InChI=1S/C49H92PSi7/c1-47(2,3)37-34-40(48(4,5)6)42(41(35-37)49(7,8)9)50-28-30-51(31-29-50)43-38(45(54(16,17)18)55(19,20)21)32-36(44(52(10,11)12)53(13,14)15)33-39(43)46(56(22,23)24)57(25,26)27/h28-35,44-46H,1-27H3. The van der Waals surface area contributed by atoms with Gasteiger partial charge in [0.2, 0.25) is 0 Å². The fraction of sp³-hybridized carbons (Fsp3) is 0.673. The minimum Gasteiger partial charge on any atom is -0.0866 e. The molecule has 0 nitrogen and oxygen atoms in total. The summed E-state index contributed by atoms with van der Waals surface area (Å²) in [5, 5.41) is 5.66. The van der Waals surface area contributed by atoms with Gasteiger partial charge in [0, 0.05) is 48.4 Å². The molecule has 57 heavy (non-hydrogen) atoms. The number of hydrogen-bond donors (Lipinski definition) is 0. The molecule has 8 heteroatoms. The van der Waals surface area contributed by atoms with Crippen molar-refractivity contribution in [3.63, 3.8) is 0 Å². The van der Waals surface area contributed by atoms with Crippen LogP contribution in [0.5, 0.6) is 0 Å². The van der Waals surface area contributed by atoms with E-state index in [4.69, 9.17) is 0 Å². The van der Waals surface area contributed by atoms with Crippen LogP contribution in [0.4, 0.5) is 0 Å². The topological polar surface area (TPSA) is 0 Å². The molecular weight excluding hydrogens is 816 g/mol. The molecule has 1 aliphatic heterocycles. The lowest BCUT2D eigenvalue weighted by Crippen LogP contribution is -2.54. The highest BCUT2D eigenvalue weighted by Crippen LogP contribution is 2.49. The van der Waals surface area contributed by atoms with Gasteiger partial charge in [-0.05, 0) is 83.5 Å². The Morgan fingerprint density at radius 3 is 0.965 bits per heavy atom. The van der Waals surface area contributed by atoms with E-state index in [0.29, 0.717) is 0 Å². The number of hydrogen-bond acceptors (Lipinski definition) is 0. The van der Waals surface area contributed by atoms with Crippen molar-refractivity contribution >= 4 is 75.7 Å². The summed E-state index contributed by atoms with van der Waals surface area (Å²) in [6, 6.07) is 11.0. The van der Waals surface area contributed by atoms with Crippen molar-refractivity contribution in [3.8, 4) is 0 Å². The van der Waals surface area contributed by atoms with Crippen LogP contribution in [0.15, 0.2) is 47.3 Å². The second-order valence-corrected chi connectivity index (χ2v) is 65.3. The smallest absolute Gasteiger partial charge is 0.0866 e. The molecule has 0 unspecified atom stereocenters. The van der Waals surface area contributed by atoms with E-state index in [-0.39, 0.29) is 16.2 Å². The fourth-order valence-electron chi connectivity index (χ4n) is 11.7. The average molecular weight is 909 g/mol. The monoisotopic (exact) mass is 908 g/mol. The lowest BCUT2D eigenvalue weighted by molar-refractivity contribution is 0.553. The summed E-state index contributed by atoms with van der Waals surface area (Å²) in [6.07, 6.45) is 0. The van der Waals surface area contributed by atoms with E-state index in [0.717, 1.165) is 15.5 Å². The second kappa shape index (κ2) is 16.5. The quantitative estimate of drug-likeness (QED) is 0.156. The first-order chi connectivity index (χ1) is 25.0. The molecule has 0 aromatic heterocycles. The highest BCUT2D eigenvalue weighted by molar-refractivity contribution is 7.72. The van der Waals surface area contributed by atoms with Crippen molar-refractivity contribution < 1.29 is 0 Å². The third-order valence-electron chi connectivity index (χ3n) is 12.3. The van der Waals surface area contributed by atoms with Crippen LogP contribution >= 0.6 is 7.92 Å². The molecule has 0 saturated carbocycles. The Morgan fingerprint density at radius 2 is 0.719 bits per heavy atom. The molecule has 321 valence electrons. The lowest BCUT2D eigenvalue weighted by Gasteiger charge is -2.46. The zero-order valence-electron chi connectivity index (χ0n) is 42.8. The van der Waals surface area contributed by atoms with Crippen LogP contribution < -0.4 is 10.5 Å². The Labute approximate surface area is 365 Å². The Bertz CT molecular complexity index is 1660. The van der Waals surface area contributed by atoms with Crippen LogP contribution in [0.3, 0.4) is 0 Å². The van der Waals surface area contributed by atoms with E-state index in [9.17, 15) is 0 Å². The second-order valence-electron chi connectivity index (χ2n) is 27.7. The Balaban J connectivity index is 2.62. The van der Waals surface area contributed by atoms with Crippen LogP contribution in [0.1, 0.15) is 111 Å². The predicted octanol–water partition coefficient (Wildman–Crippen LogP) is 15.7. The average Bonchev–Trinajstić information content (AvgIpc) is 2.90. The van der Waals surface area contributed by atoms with Gasteiger partial charge in [0.15, 0.2) is 0 Å². The van der Waals surface area contributed by atoms with Gasteiger partial charge < -0.3 is 0 Å². The van der Waals surface area contributed by atoms with E-state index in [1.807, 2.05) is 16.3 Å². The maximum atomic E-state index is 2.92. The minimum atomic E-state index is -1.62. The normalized spacial score (nSPS) is 16.5. The molecule has 1 radical (unpaired) electrons. The first-order valence-electron chi connectivity index (χ1n) is 22.4. The van der Waals surface area contributed by atoms with Crippen LogP contribution in [0.25, 0.3) is 0 Å². The van der Waals surface area contributed by atoms with E-state index in [1.54, 1.807) is 22.0 Å². The van der Waals surface area contributed by atoms with Crippen LogP contribution in [-0.2, 0) is 16.2 Å². The summed E-state index contributed by atoms with van der Waals surface area (Å²) in [6.45, 7) is 70.4. The number of benzene rings is 2. The van der Waals surface area contributed by atoms with Crippen LogP contribution in [0, 0.1) is 0 Å². The molecule has 3 rings (SSSR count). The molecule has 2 aromatic rings. The Kier molecular flexibility index (Phi) is 14.9. The summed E-state index contributed by atoms with van der Waals surface area (Å²) in [5.41, 5.74) is 15.9. The maximum absolute atomic E-state index is 2.92. The molecule has 0 spiro atoms. The number of rotatable bonds is 11. The Hall–Kier alpha value is -0.132. The van der Waals surface area contributed by atoms with Gasteiger partial charge in [0.05, 0.1) is 0 Å². The van der Waals surface area contributed by atoms with Gasteiger partial charge in [-0.25, -0.2) is 0 Å². The lowest BCUT2D eigenvalue weighted by atomic mass is 9.75. The van der Waals surface area contributed by atoms with Gasteiger partial charge in [0.1, 0.15) is 8.80 Å². The molecule has 1 heterocycles. The molecular formula is C49H92PSi7. The van der Waals surface area contributed by atoms with Gasteiger partial charge in [-0.3, -0.25) is 0 Å². The van der Waals surface area contributed by atoms with Crippen molar-refractivity contribution in [1.82, 2.24) is 0 Å². The first kappa shape index (κ1) is 51.2. The predicted molar refractivity (Wildman–Crippen MR) is 288 cm³/mol. The zero-order chi connectivity index (χ0) is 44.7. The van der Waals surface area contributed by atoms with E-state index in [1.165, 1.54) is 5.56 Å². The van der Waals surface area contributed by atoms with Gasteiger partial charge in [-0.2, -0.15) is 0 Å². The van der Waals surface area contributed by atoms with E-state index in [2.05, 4.69) is 227 Å². The molecule has 0 aliphatic carbocycles. The van der Waals surface area contributed by atoms with E-state index < -0.39 is 65.2 Å². The maximum Gasteiger partial charge on any atom is 0.140 e. The van der Waals surface area contributed by atoms with Crippen molar-refractivity contribution in [2.75, 3.05) is 0 Å². The molecule has 0 amide bonds. The van der Waals surface area contributed by atoms with Gasteiger partial charge in [-0.1, -0.05) is 227 Å². The minimum absolute atomic E-state index is 0.0646. The largest absolute Gasteiger partial charge is 0.140 e. The first-order valence-corrected chi connectivity index (χ1v) is 47.0. The summed E-state index contributed by atoms with van der Waals surface area (Å²) in [7, 11) is -11.3.